The molecule has 2 N–H and O–H groups in total. The first-order valence-electron chi connectivity index (χ1n) is 5.94. The summed E-state index contributed by atoms with van der Waals surface area (Å²) in [5, 5.41) is 14.4. The first-order chi connectivity index (χ1) is 7.91. The van der Waals surface area contributed by atoms with E-state index in [1.165, 1.54) is 10.4 Å². The second-order valence-corrected chi connectivity index (χ2v) is 5.82. The van der Waals surface area contributed by atoms with Gasteiger partial charge < -0.3 is 5.11 Å². The lowest BCUT2D eigenvalue weighted by Crippen LogP contribution is -2.39. The zero-order valence-electron chi connectivity index (χ0n) is 10.9. The second kappa shape index (κ2) is 6.17. The largest absolute Gasteiger partial charge is 0.480 e. The number of carbonyl (C=O) groups is 1. The Labute approximate surface area is 107 Å². The van der Waals surface area contributed by atoms with Crippen LogP contribution in [0.3, 0.4) is 0 Å². The molecule has 1 aromatic rings. The Morgan fingerprint density at radius 3 is 2.53 bits per heavy atom. The maximum Gasteiger partial charge on any atom is 0.320 e. The molecular weight excluding hydrogens is 234 g/mol. The number of nitrogens with one attached hydrogen (secondary N) is 1. The van der Waals surface area contributed by atoms with Gasteiger partial charge in [-0.1, -0.05) is 13.8 Å². The summed E-state index contributed by atoms with van der Waals surface area (Å²) in [5.41, 5.74) is 1.23. The number of aliphatic carboxylic acids is 1. The summed E-state index contributed by atoms with van der Waals surface area (Å²) < 4.78 is 0. The molecule has 4 heteroatoms. The molecule has 3 nitrogen and oxygen atoms in total. The summed E-state index contributed by atoms with van der Waals surface area (Å²) in [4.78, 5) is 12.4. The van der Waals surface area contributed by atoms with Crippen LogP contribution in [0, 0.1) is 12.8 Å². The van der Waals surface area contributed by atoms with Crippen LogP contribution in [0.2, 0.25) is 0 Å². The van der Waals surface area contributed by atoms with E-state index < -0.39 is 12.0 Å². The van der Waals surface area contributed by atoms with Gasteiger partial charge in [0.25, 0.3) is 0 Å². The molecule has 0 aliphatic rings. The SMILES string of the molecule is Cc1ccsc1C(C)NC(CC(C)C)C(=O)O. The van der Waals surface area contributed by atoms with E-state index in [-0.39, 0.29) is 6.04 Å². The molecule has 0 saturated heterocycles. The molecule has 0 aliphatic heterocycles. The van der Waals surface area contributed by atoms with Crippen molar-refractivity contribution >= 4 is 17.3 Å². The van der Waals surface area contributed by atoms with Crippen molar-refractivity contribution in [3.8, 4) is 0 Å². The Kier molecular flexibility index (Phi) is 5.15. The van der Waals surface area contributed by atoms with Crippen LogP contribution in [0.25, 0.3) is 0 Å². The summed E-state index contributed by atoms with van der Waals surface area (Å²) in [7, 11) is 0. The second-order valence-electron chi connectivity index (χ2n) is 4.88. The van der Waals surface area contributed by atoms with E-state index in [1.807, 2.05) is 26.2 Å². The number of hydrogen-bond acceptors (Lipinski definition) is 3. The molecule has 2 unspecified atom stereocenters. The number of rotatable bonds is 6. The molecule has 0 amide bonds. The highest BCUT2D eigenvalue weighted by atomic mass is 32.1. The summed E-state index contributed by atoms with van der Waals surface area (Å²) in [6.45, 7) is 8.16. The lowest BCUT2D eigenvalue weighted by molar-refractivity contribution is -0.140. The fourth-order valence-electron chi connectivity index (χ4n) is 1.92. The predicted octanol–water partition coefficient (Wildman–Crippen LogP) is 3.21. The van der Waals surface area contributed by atoms with Crippen LogP contribution < -0.4 is 5.32 Å². The maximum atomic E-state index is 11.2. The zero-order valence-corrected chi connectivity index (χ0v) is 11.7. The third-order valence-electron chi connectivity index (χ3n) is 2.75. The number of thiophene rings is 1. The first-order valence-corrected chi connectivity index (χ1v) is 6.82. The average molecular weight is 255 g/mol. The molecule has 1 heterocycles. The third-order valence-corrected chi connectivity index (χ3v) is 3.95. The molecular formula is C13H21NO2S. The first kappa shape index (κ1) is 14.2. The van der Waals surface area contributed by atoms with Crippen LogP contribution in [0.15, 0.2) is 11.4 Å². The van der Waals surface area contributed by atoms with E-state index in [4.69, 9.17) is 0 Å². The van der Waals surface area contributed by atoms with Crippen LogP contribution in [0.1, 0.15) is 43.7 Å². The van der Waals surface area contributed by atoms with Gasteiger partial charge in [-0.2, -0.15) is 0 Å². The van der Waals surface area contributed by atoms with Gasteiger partial charge in [0.2, 0.25) is 0 Å². The molecule has 0 aromatic carbocycles. The topological polar surface area (TPSA) is 49.3 Å². The van der Waals surface area contributed by atoms with E-state index in [9.17, 15) is 9.90 Å². The van der Waals surface area contributed by atoms with Gasteiger partial charge in [-0.3, -0.25) is 10.1 Å². The highest BCUT2D eigenvalue weighted by Gasteiger charge is 2.22. The van der Waals surface area contributed by atoms with E-state index in [0.717, 1.165) is 0 Å². The Balaban J connectivity index is 2.67. The van der Waals surface area contributed by atoms with Gasteiger partial charge in [0.05, 0.1) is 0 Å². The van der Waals surface area contributed by atoms with Crippen LogP contribution in [0.5, 0.6) is 0 Å². The highest BCUT2D eigenvalue weighted by molar-refractivity contribution is 7.10. The molecule has 0 aliphatic carbocycles. The number of hydrogen-bond donors (Lipinski definition) is 2. The monoisotopic (exact) mass is 255 g/mol. The smallest absolute Gasteiger partial charge is 0.320 e. The van der Waals surface area contributed by atoms with Crippen molar-refractivity contribution in [2.24, 2.45) is 5.92 Å². The quantitative estimate of drug-likeness (QED) is 0.820. The van der Waals surface area contributed by atoms with E-state index in [2.05, 4.69) is 18.3 Å². The Hall–Kier alpha value is -0.870. The lowest BCUT2D eigenvalue weighted by atomic mass is 10.0. The van der Waals surface area contributed by atoms with E-state index >= 15 is 0 Å². The summed E-state index contributed by atoms with van der Waals surface area (Å²) in [6, 6.07) is 1.69. The van der Waals surface area contributed by atoms with Crippen LogP contribution in [-0.2, 0) is 4.79 Å². The van der Waals surface area contributed by atoms with Crippen LogP contribution >= 0.6 is 11.3 Å². The van der Waals surface area contributed by atoms with Gasteiger partial charge in [0.15, 0.2) is 0 Å². The molecule has 1 aromatic heterocycles. The van der Waals surface area contributed by atoms with Crippen molar-refractivity contribution in [1.29, 1.82) is 0 Å². The number of carboxylic acid groups (broad SMARTS) is 1. The Morgan fingerprint density at radius 1 is 1.47 bits per heavy atom. The zero-order chi connectivity index (χ0) is 13.0. The minimum atomic E-state index is -0.764. The van der Waals surface area contributed by atoms with Gasteiger partial charge >= 0.3 is 5.97 Å². The van der Waals surface area contributed by atoms with Crippen molar-refractivity contribution in [2.45, 2.75) is 46.2 Å². The van der Waals surface area contributed by atoms with Gasteiger partial charge in [-0.15, -0.1) is 11.3 Å². The van der Waals surface area contributed by atoms with Gasteiger partial charge in [-0.25, -0.2) is 0 Å². The summed E-state index contributed by atoms with van der Waals surface area (Å²) in [6.07, 6.45) is 0.657. The minimum Gasteiger partial charge on any atom is -0.480 e. The standard InChI is InChI=1S/C13H21NO2S/c1-8(2)7-11(13(15)16)14-10(4)12-9(3)5-6-17-12/h5-6,8,10-11,14H,7H2,1-4H3,(H,15,16). The van der Waals surface area contributed by atoms with Crippen LogP contribution in [-0.4, -0.2) is 17.1 Å². The fourth-order valence-corrected chi connectivity index (χ4v) is 2.86. The highest BCUT2D eigenvalue weighted by Crippen LogP contribution is 2.24. The normalized spacial score (nSPS) is 14.9. The molecule has 0 bridgehead atoms. The molecule has 17 heavy (non-hydrogen) atoms. The third kappa shape index (κ3) is 4.13. The molecule has 0 spiro atoms. The van der Waals surface area contributed by atoms with Crippen molar-refractivity contribution in [1.82, 2.24) is 5.32 Å². The van der Waals surface area contributed by atoms with Gasteiger partial charge in [0.1, 0.15) is 6.04 Å². The molecule has 2 atom stereocenters. The van der Waals surface area contributed by atoms with Gasteiger partial charge in [-0.05, 0) is 43.2 Å². The van der Waals surface area contributed by atoms with Crippen molar-refractivity contribution in [3.63, 3.8) is 0 Å². The lowest BCUT2D eigenvalue weighted by Gasteiger charge is -2.21. The molecule has 0 radical (unpaired) electrons. The van der Waals surface area contributed by atoms with Crippen molar-refractivity contribution < 1.29 is 9.90 Å². The molecule has 0 saturated carbocycles. The Morgan fingerprint density at radius 2 is 2.12 bits per heavy atom. The van der Waals surface area contributed by atoms with E-state index in [1.54, 1.807) is 11.3 Å². The average Bonchev–Trinajstić information content (AvgIpc) is 2.62. The number of aryl methyl sites for hydroxylation is 1. The van der Waals surface area contributed by atoms with E-state index in [0.29, 0.717) is 12.3 Å². The molecule has 1 rings (SSSR count). The summed E-state index contributed by atoms with van der Waals surface area (Å²) >= 11 is 1.67. The predicted molar refractivity (Wildman–Crippen MR) is 71.5 cm³/mol. The molecule has 0 fully saturated rings. The van der Waals surface area contributed by atoms with Crippen molar-refractivity contribution in [2.75, 3.05) is 0 Å². The minimum absolute atomic E-state index is 0.0925. The maximum absolute atomic E-state index is 11.2. The Bertz CT molecular complexity index is 373. The van der Waals surface area contributed by atoms with Crippen LogP contribution in [0.4, 0.5) is 0 Å². The number of carboxylic acids is 1. The summed E-state index contributed by atoms with van der Waals surface area (Å²) in [5.74, 6) is -0.389. The van der Waals surface area contributed by atoms with Gasteiger partial charge in [0, 0.05) is 10.9 Å². The van der Waals surface area contributed by atoms with Crippen molar-refractivity contribution in [3.05, 3.63) is 21.9 Å². The molecule has 96 valence electrons. The fraction of sp³-hybridized carbons (Fsp3) is 0.615.